The molecule has 0 saturated carbocycles. The maximum absolute atomic E-state index is 11.6. The van der Waals surface area contributed by atoms with Gasteiger partial charge in [-0.25, -0.2) is 4.79 Å². The van der Waals surface area contributed by atoms with Crippen LogP contribution in [0.25, 0.3) is 0 Å². The predicted octanol–water partition coefficient (Wildman–Crippen LogP) is 3.71. The van der Waals surface area contributed by atoms with Gasteiger partial charge in [-0.2, -0.15) is 5.10 Å². The van der Waals surface area contributed by atoms with Crippen molar-refractivity contribution in [2.45, 2.75) is 39.0 Å². The van der Waals surface area contributed by atoms with Crippen LogP contribution in [0, 0.1) is 0 Å². The second-order valence-corrected chi connectivity index (χ2v) is 5.21. The number of nitrogens with one attached hydrogen (secondary N) is 1. The van der Waals surface area contributed by atoms with E-state index in [1.54, 1.807) is 13.0 Å². The fraction of sp³-hybridized carbons (Fsp3) is 0.412. The lowest BCUT2D eigenvalue weighted by Crippen LogP contribution is -2.04. The van der Waals surface area contributed by atoms with Gasteiger partial charge in [0, 0.05) is 5.69 Å². The van der Waals surface area contributed by atoms with Crippen LogP contribution in [0.1, 0.15) is 54.4 Å². The van der Waals surface area contributed by atoms with Gasteiger partial charge in [-0.3, -0.25) is 5.10 Å². The van der Waals surface area contributed by atoms with Crippen LogP contribution in [0.4, 0.5) is 0 Å². The van der Waals surface area contributed by atoms with Gasteiger partial charge in [-0.1, -0.05) is 37.3 Å². The van der Waals surface area contributed by atoms with Crippen molar-refractivity contribution in [1.82, 2.24) is 10.2 Å². The largest absolute Gasteiger partial charge is 0.461 e. The van der Waals surface area contributed by atoms with Crippen LogP contribution in [0.3, 0.4) is 0 Å². The second-order valence-electron chi connectivity index (χ2n) is 5.21. The van der Waals surface area contributed by atoms with Crippen molar-refractivity contribution in [2.24, 2.45) is 0 Å². The Kier molecular flexibility index (Phi) is 5.55. The molecule has 0 aliphatic rings. The molecule has 0 aliphatic carbocycles. The fourth-order valence-corrected chi connectivity index (χ4v) is 2.31. The lowest BCUT2D eigenvalue weighted by Gasteiger charge is -2.08. The number of esters is 1. The number of ether oxygens (including phenoxy) is 1. The number of nitrogens with zero attached hydrogens (tertiary/aromatic N) is 1. The number of rotatable bonds is 7. The molecule has 1 unspecified atom stereocenters. The molecule has 0 amide bonds. The van der Waals surface area contributed by atoms with Gasteiger partial charge in [0.05, 0.1) is 6.61 Å². The van der Waals surface area contributed by atoms with Crippen LogP contribution in [0.5, 0.6) is 0 Å². The number of aryl methyl sites for hydroxylation is 1. The summed E-state index contributed by atoms with van der Waals surface area (Å²) in [5.74, 6) is -0.0131. The number of hydrogen-bond donors (Lipinski definition) is 1. The number of H-pyrrole nitrogens is 1. The molecule has 0 spiro atoms. The van der Waals surface area contributed by atoms with Gasteiger partial charge in [0.1, 0.15) is 0 Å². The van der Waals surface area contributed by atoms with E-state index >= 15 is 0 Å². The van der Waals surface area contributed by atoms with Gasteiger partial charge in [0.15, 0.2) is 5.69 Å². The first-order valence-electron chi connectivity index (χ1n) is 7.47. The van der Waals surface area contributed by atoms with E-state index < -0.39 is 0 Å². The molecular weight excluding hydrogens is 264 g/mol. The molecule has 4 heteroatoms. The average Bonchev–Trinajstić information content (AvgIpc) is 2.98. The van der Waals surface area contributed by atoms with Crippen LogP contribution < -0.4 is 0 Å². The van der Waals surface area contributed by atoms with Gasteiger partial charge in [-0.15, -0.1) is 0 Å². The van der Waals surface area contributed by atoms with E-state index in [1.807, 2.05) is 6.07 Å². The summed E-state index contributed by atoms with van der Waals surface area (Å²) in [6.07, 6.45) is 3.24. The van der Waals surface area contributed by atoms with E-state index in [2.05, 4.69) is 41.4 Å². The maximum atomic E-state index is 11.6. The second kappa shape index (κ2) is 7.62. The van der Waals surface area contributed by atoms with Crippen molar-refractivity contribution in [2.75, 3.05) is 6.61 Å². The molecule has 0 aliphatic heterocycles. The Morgan fingerprint density at radius 2 is 2.10 bits per heavy atom. The van der Waals surface area contributed by atoms with Crippen molar-refractivity contribution in [1.29, 1.82) is 0 Å². The van der Waals surface area contributed by atoms with Crippen molar-refractivity contribution in [3.63, 3.8) is 0 Å². The Morgan fingerprint density at radius 1 is 1.33 bits per heavy atom. The lowest BCUT2D eigenvalue weighted by atomic mass is 9.98. The van der Waals surface area contributed by atoms with E-state index in [1.165, 1.54) is 5.56 Å². The summed E-state index contributed by atoms with van der Waals surface area (Å²) in [7, 11) is 0. The van der Waals surface area contributed by atoms with Gasteiger partial charge >= 0.3 is 5.97 Å². The Bertz CT molecular complexity index is 563. The molecule has 1 atom stereocenters. The minimum Gasteiger partial charge on any atom is -0.461 e. The van der Waals surface area contributed by atoms with Crippen LogP contribution in [0.2, 0.25) is 0 Å². The first-order valence-corrected chi connectivity index (χ1v) is 7.47. The van der Waals surface area contributed by atoms with E-state index in [-0.39, 0.29) is 5.97 Å². The topological polar surface area (TPSA) is 55.0 Å². The molecule has 0 fully saturated rings. The minimum atomic E-state index is -0.364. The maximum Gasteiger partial charge on any atom is 0.358 e. The summed E-state index contributed by atoms with van der Waals surface area (Å²) in [5, 5.41) is 6.97. The van der Waals surface area contributed by atoms with Gasteiger partial charge in [0.25, 0.3) is 0 Å². The average molecular weight is 286 g/mol. The molecule has 2 aromatic rings. The first kappa shape index (κ1) is 15.3. The standard InChI is InChI=1S/C17H22N2O2/c1-3-21-17(20)16-12-15(18-19-16)13(2)8-7-11-14-9-5-4-6-10-14/h4-6,9-10,12-13H,3,7-8,11H2,1-2H3,(H,18,19). The number of benzene rings is 1. The van der Waals surface area contributed by atoms with E-state index in [9.17, 15) is 4.79 Å². The normalized spacial score (nSPS) is 12.1. The molecular formula is C17H22N2O2. The summed E-state index contributed by atoms with van der Waals surface area (Å²) < 4.78 is 4.94. The summed E-state index contributed by atoms with van der Waals surface area (Å²) in [6, 6.07) is 12.3. The smallest absolute Gasteiger partial charge is 0.358 e. The quantitative estimate of drug-likeness (QED) is 0.789. The van der Waals surface area contributed by atoms with E-state index in [0.29, 0.717) is 18.2 Å². The van der Waals surface area contributed by atoms with Crippen molar-refractivity contribution in [3.8, 4) is 0 Å². The Hall–Kier alpha value is -2.10. The molecule has 1 aromatic carbocycles. The third-order valence-electron chi connectivity index (χ3n) is 3.56. The van der Waals surface area contributed by atoms with Crippen molar-refractivity contribution >= 4 is 5.97 Å². The molecule has 21 heavy (non-hydrogen) atoms. The molecule has 4 nitrogen and oxygen atoms in total. The van der Waals surface area contributed by atoms with E-state index in [0.717, 1.165) is 25.0 Å². The molecule has 1 heterocycles. The Balaban J connectivity index is 1.83. The summed E-state index contributed by atoms with van der Waals surface area (Å²) in [6.45, 7) is 4.30. The zero-order chi connectivity index (χ0) is 15.1. The molecule has 1 aromatic heterocycles. The SMILES string of the molecule is CCOC(=O)c1cc(C(C)CCCc2ccccc2)[nH]n1. The lowest BCUT2D eigenvalue weighted by molar-refractivity contribution is 0.0519. The van der Waals surface area contributed by atoms with Gasteiger partial charge in [-0.05, 0) is 43.7 Å². The highest BCUT2D eigenvalue weighted by molar-refractivity contribution is 5.87. The summed E-state index contributed by atoms with van der Waals surface area (Å²) in [4.78, 5) is 11.6. The molecule has 0 saturated heterocycles. The fourth-order valence-electron chi connectivity index (χ4n) is 2.31. The minimum absolute atomic E-state index is 0.351. The molecule has 2 rings (SSSR count). The molecule has 112 valence electrons. The van der Waals surface area contributed by atoms with Crippen molar-refractivity contribution in [3.05, 3.63) is 53.3 Å². The Morgan fingerprint density at radius 3 is 2.81 bits per heavy atom. The van der Waals surface area contributed by atoms with Crippen LogP contribution in [-0.2, 0) is 11.2 Å². The molecule has 0 bridgehead atoms. The van der Waals surface area contributed by atoms with Crippen LogP contribution >= 0.6 is 0 Å². The molecule has 0 radical (unpaired) electrons. The number of carbonyl (C=O) groups is 1. The molecule has 1 N–H and O–H groups in total. The van der Waals surface area contributed by atoms with E-state index in [4.69, 9.17) is 4.74 Å². The summed E-state index contributed by atoms with van der Waals surface area (Å²) >= 11 is 0. The highest BCUT2D eigenvalue weighted by atomic mass is 16.5. The zero-order valence-electron chi connectivity index (χ0n) is 12.6. The highest BCUT2D eigenvalue weighted by Gasteiger charge is 2.14. The van der Waals surface area contributed by atoms with Crippen molar-refractivity contribution < 1.29 is 9.53 Å². The number of aromatic nitrogens is 2. The third-order valence-corrected chi connectivity index (χ3v) is 3.56. The number of carbonyl (C=O) groups excluding carboxylic acids is 1. The summed E-state index contributed by atoms with van der Waals surface area (Å²) in [5.41, 5.74) is 2.72. The van der Waals surface area contributed by atoms with Crippen LogP contribution in [-0.4, -0.2) is 22.8 Å². The van der Waals surface area contributed by atoms with Gasteiger partial charge < -0.3 is 4.74 Å². The number of aromatic amines is 1. The highest BCUT2D eigenvalue weighted by Crippen LogP contribution is 2.20. The van der Waals surface area contributed by atoms with Gasteiger partial charge in [0.2, 0.25) is 0 Å². The van der Waals surface area contributed by atoms with Crippen LogP contribution in [0.15, 0.2) is 36.4 Å². The predicted molar refractivity (Wildman–Crippen MR) is 82.3 cm³/mol. The third kappa shape index (κ3) is 4.45. The number of hydrogen-bond acceptors (Lipinski definition) is 3. The zero-order valence-corrected chi connectivity index (χ0v) is 12.6. The first-order chi connectivity index (χ1) is 10.2. The monoisotopic (exact) mass is 286 g/mol. The Labute approximate surface area is 125 Å².